The van der Waals surface area contributed by atoms with Crippen molar-refractivity contribution in [2.75, 3.05) is 13.2 Å². The molecule has 0 radical (unpaired) electrons. The van der Waals surface area contributed by atoms with Gasteiger partial charge in [0.1, 0.15) is 11.5 Å². The van der Waals surface area contributed by atoms with Gasteiger partial charge >= 0.3 is 0 Å². The first-order valence-electron chi connectivity index (χ1n) is 17.1. The second kappa shape index (κ2) is 21.5. The van der Waals surface area contributed by atoms with E-state index in [9.17, 15) is 0 Å². The summed E-state index contributed by atoms with van der Waals surface area (Å²) in [6, 6.07) is 17.3. The van der Waals surface area contributed by atoms with Crippen LogP contribution in [0.2, 0.25) is 0 Å². The van der Waals surface area contributed by atoms with Gasteiger partial charge in [-0.05, 0) is 59.1 Å². The van der Waals surface area contributed by atoms with Gasteiger partial charge in [-0.25, -0.2) is 0 Å². The minimum absolute atomic E-state index is 0.816. The molecule has 2 aromatic carbocycles. The van der Waals surface area contributed by atoms with E-state index in [-0.39, 0.29) is 0 Å². The first-order valence-corrected chi connectivity index (χ1v) is 20.5. The van der Waals surface area contributed by atoms with Crippen molar-refractivity contribution in [3.05, 3.63) is 78.9 Å². The lowest BCUT2D eigenvalue weighted by Crippen LogP contribution is -1.97. The Morgan fingerprint density at radius 1 is 0.432 bits per heavy atom. The van der Waals surface area contributed by atoms with Crippen LogP contribution in [-0.2, 0) is 0 Å². The van der Waals surface area contributed by atoms with Crippen LogP contribution in [0, 0.1) is 0 Å². The molecule has 0 atom stereocenters. The first-order chi connectivity index (χ1) is 21.8. The highest BCUT2D eigenvalue weighted by Gasteiger charge is 2.23. The summed E-state index contributed by atoms with van der Waals surface area (Å²) < 4.78 is 14.8. The molecule has 0 unspecified atom stereocenters. The second-order valence-corrected chi connectivity index (χ2v) is 16.1. The van der Waals surface area contributed by atoms with Crippen LogP contribution in [0.5, 0.6) is 11.5 Å². The first kappa shape index (κ1) is 35.5. The minimum atomic E-state index is 0.816. The Labute approximate surface area is 285 Å². The molecule has 2 heterocycles. The van der Waals surface area contributed by atoms with Gasteiger partial charge in [-0.2, -0.15) is 0 Å². The monoisotopic (exact) mass is 668 g/mol. The summed E-state index contributed by atoms with van der Waals surface area (Å²) >= 11 is 7.47. The Balaban J connectivity index is 1.12. The van der Waals surface area contributed by atoms with E-state index >= 15 is 0 Å². The Morgan fingerprint density at radius 3 is 1.14 bits per heavy atom. The lowest BCUT2D eigenvalue weighted by Gasteiger charge is -2.08. The molecule has 0 N–H and O–H groups in total. The molecule has 0 aromatic heterocycles. The molecule has 0 spiro atoms. The van der Waals surface area contributed by atoms with Crippen molar-refractivity contribution in [2.45, 2.75) is 117 Å². The van der Waals surface area contributed by atoms with E-state index in [0.29, 0.717) is 0 Å². The highest BCUT2D eigenvalue weighted by molar-refractivity contribution is 8.36. The third-order valence-corrected chi connectivity index (χ3v) is 13.3. The van der Waals surface area contributed by atoms with Gasteiger partial charge < -0.3 is 9.47 Å². The van der Waals surface area contributed by atoms with Crippen LogP contribution in [0.1, 0.15) is 128 Å². The minimum Gasteiger partial charge on any atom is -0.494 e. The molecular formula is C38H52O2S4. The number of hydrogen-bond donors (Lipinski definition) is 0. The highest BCUT2D eigenvalue weighted by atomic mass is 32.2. The summed E-state index contributed by atoms with van der Waals surface area (Å²) in [6.45, 7) is 6.18. The summed E-state index contributed by atoms with van der Waals surface area (Å²) in [4.78, 5) is 2.64. The third-order valence-electron chi connectivity index (χ3n) is 7.93. The number of rotatable bonds is 22. The summed E-state index contributed by atoms with van der Waals surface area (Å²) in [5, 5.41) is 4.59. The van der Waals surface area contributed by atoms with E-state index in [2.05, 4.69) is 73.2 Å². The Bertz CT molecular complexity index is 1090. The number of unbranched alkanes of at least 4 members (excludes halogenated alkanes) is 14. The number of benzene rings is 2. The van der Waals surface area contributed by atoms with Crippen LogP contribution in [0.4, 0.5) is 0 Å². The molecule has 0 saturated carbocycles. The molecule has 6 heteroatoms. The molecule has 4 rings (SSSR count). The Morgan fingerprint density at radius 2 is 0.773 bits per heavy atom. The van der Waals surface area contributed by atoms with Gasteiger partial charge in [0.2, 0.25) is 0 Å². The topological polar surface area (TPSA) is 18.5 Å². The molecule has 0 amide bonds. The fourth-order valence-corrected chi connectivity index (χ4v) is 10.2. The van der Waals surface area contributed by atoms with Gasteiger partial charge in [-0.1, -0.05) is 175 Å². The Kier molecular flexibility index (Phi) is 17.3. The van der Waals surface area contributed by atoms with Gasteiger partial charge in [0, 0.05) is 9.81 Å². The molecule has 0 fully saturated rings. The van der Waals surface area contributed by atoms with Crippen molar-refractivity contribution in [3.8, 4) is 11.5 Å². The number of hydrogen-bond acceptors (Lipinski definition) is 6. The average Bonchev–Trinajstić information content (AvgIpc) is 3.75. The van der Waals surface area contributed by atoms with Crippen LogP contribution < -0.4 is 9.47 Å². The molecule has 2 aliphatic heterocycles. The van der Waals surface area contributed by atoms with E-state index in [1.807, 2.05) is 47.0 Å². The quantitative estimate of drug-likeness (QED) is 0.115. The molecule has 0 bridgehead atoms. The zero-order valence-electron chi connectivity index (χ0n) is 27.0. The van der Waals surface area contributed by atoms with Crippen LogP contribution in [0.3, 0.4) is 0 Å². The van der Waals surface area contributed by atoms with Gasteiger partial charge in [0.25, 0.3) is 0 Å². The van der Waals surface area contributed by atoms with Gasteiger partial charge in [-0.15, -0.1) is 0 Å². The molecule has 2 nitrogen and oxygen atoms in total. The van der Waals surface area contributed by atoms with Crippen molar-refractivity contribution in [1.82, 2.24) is 0 Å². The summed E-state index contributed by atoms with van der Waals surface area (Å²) in [7, 11) is 0. The van der Waals surface area contributed by atoms with Crippen molar-refractivity contribution < 1.29 is 9.47 Å². The van der Waals surface area contributed by atoms with Crippen molar-refractivity contribution in [1.29, 1.82) is 0 Å². The molecule has 240 valence electrons. The predicted octanol–water partition coefficient (Wildman–Crippen LogP) is 14.1. The standard InChI is InChI=1S/C38H52O2S4/c1-3-5-7-9-11-13-15-17-27-39-33-23-19-31(20-24-33)35-29-41-37(43-35)38-42-30-36(44-38)32-21-25-34(26-22-32)40-28-18-16-14-12-10-8-6-4-2/h19-26,29-30H,3-18,27-28H2,1-2H3/b38-37+. The molecule has 2 aromatic rings. The Hall–Kier alpha value is -1.34. The van der Waals surface area contributed by atoms with Crippen LogP contribution >= 0.6 is 47.0 Å². The lowest BCUT2D eigenvalue weighted by molar-refractivity contribution is 0.304. The summed E-state index contributed by atoms with van der Waals surface area (Å²) in [6.07, 6.45) is 21.2. The van der Waals surface area contributed by atoms with Crippen molar-refractivity contribution in [2.24, 2.45) is 0 Å². The molecule has 0 saturated heterocycles. The highest BCUT2D eigenvalue weighted by Crippen LogP contribution is 2.58. The molecule has 2 aliphatic rings. The van der Waals surface area contributed by atoms with E-state index in [4.69, 9.17) is 9.47 Å². The maximum absolute atomic E-state index is 6.02. The summed E-state index contributed by atoms with van der Waals surface area (Å²) in [5.74, 6) is 1.96. The number of thioether (sulfide) groups is 4. The summed E-state index contributed by atoms with van der Waals surface area (Å²) in [5.41, 5.74) is 2.53. The van der Waals surface area contributed by atoms with Gasteiger partial charge in [0.05, 0.1) is 21.7 Å². The second-order valence-electron chi connectivity index (χ2n) is 11.7. The predicted molar refractivity (Wildman–Crippen MR) is 202 cm³/mol. The zero-order chi connectivity index (χ0) is 30.7. The van der Waals surface area contributed by atoms with Crippen LogP contribution in [0.15, 0.2) is 67.8 Å². The van der Waals surface area contributed by atoms with E-state index < -0.39 is 0 Å². The third kappa shape index (κ3) is 12.8. The van der Waals surface area contributed by atoms with E-state index in [1.165, 1.54) is 119 Å². The normalized spacial score (nSPS) is 16.3. The largest absolute Gasteiger partial charge is 0.494 e. The van der Waals surface area contributed by atoms with E-state index in [1.54, 1.807) is 0 Å². The fraction of sp³-hybridized carbons (Fsp3) is 0.526. The van der Waals surface area contributed by atoms with Gasteiger partial charge in [0.15, 0.2) is 0 Å². The fourth-order valence-electron chi connectivity index (χ4n) is 5.23. The van der Waals surface area contributed by atoms with Crippen LogP contribution in [0.25, 0.3) is 9.81 Å². The van der Waals surface area contributed by atoms with Crippen molar-refractivity contribution in [3.63, 3.8) is 0 Å². The lowest BCUT2D eigenvalue weighted by atomic mass is 10.1. The van der Waals surface area contributed by atoms with E-state index in [0.717, 1.165) is 37.6 Å². The number of ether oxygens (including phenoxy) is 2. The maximum atomic E-state index is 6.02. The smallest absolute Gasteiger partial charge is 0.119 e. The molecule has 44 heavy (non-hydrogen) atoms. The molecular weight excluding hydrogens is 617 g/mol. The average molecular weight is 669 g/mol. The molecule has 0 aliphatic carbocycles. The van der Waals surface area contributed by atoms with Gasteiger partial charge in [-0.3, -0.25) is 0 Å². The van der Waals surface area contributed by atoms with Crippen molar-refractivity contribution >= 4 is 56.9 Å². The zero-order valence-corrected chi connectivity index (χ0v) is 30.2. The SMILES string of the molecule is CCCCCCCCCCOc1ccc(C2=CS/C(=C3/SC=C(c4ccc(OCCCCCCCCCC)cc4)S3)S2)cc1. The maximum Gasteiger partial charge on any atom is 0.119 e. The van der Waals surface area contributed by atoms with Crippen LogP contribution in [-0.4, -0.2) is 13.2 Å².